The second-order valence-corrected chi connectivity index (χ2v) is 10.3. The van der Waals surface area contributed by atoms with Gasteiger partial charge in [0.2, 0.25) is 0 Å². The van der Waals surface area contributed by atoms with Gasteiger partial charge in [0.05, 0.1) is 22.6 Å². The van der Waals surface area contributed by atoms with Gasteiger partial charge in [0.1, 0.15) is 5.82 Å². The van der Waals surface area contributed by atoms with Gasteiger partial charge in [0, 0.05) is 49.4 Å². The molecule has 0 spiro atoms. The summed E-state index contributed by atoms with van der Waals surface area (Å²) in [7, 11) is 0. The van der Waals surface area contributed by atoms with Crippen LogP contribution in [0.4, 0.5) is 5.82 Å². The summed E-state index contributed by atoms with van der Waals surface area (Å²) in [6.45, 7) is 11.7. The molecule has 0 N–H and O–H groups in total. The molecular formula is C22H30N6S. The van der Waals surface area contributed by atoms with E-state index in [1.807, 2.05) is 15.9 Å². The Morgan fingerprint density at radius 3 is 2.72 bits per heavy atom. The third-order valence-corrected chi connectivity index (χ3v) is 6.92. The van der Waals surface area contributed by atoms with Crippen LogP contribution in [0.15, 0.2) is 23.7 Å². The van der Waals surface area contributed by atoms with Crippen LogP contribution in [-0.4, -0.2) is 50.7 Å². The van der Waals surface area contributed by atoms with Gasteiger partial charge in [-0.15, -0.1) is 16.4 Å². The Morgan fingerprint density at radius 1 is 1.07 bits per heavy atom. The molecular weight excluding hydrogens is 380 g/mol. The Labute approximate surface area is 176 Å². The van der Waals surface area contributed by atoms with Gasteiger partial charge >= 0.3 is 0 Å². The van der Waals surface area contributed by atoms with E-state index >= 15 is 0 Å². The topological polar surface area (TPSA) is 49.6 Å². The van der Waals surface area contributed by atoms with E-state index in [0.717, 1.165) is 62.2 Å². The molecule has 1 saturated carbocycles. The van der Waals surface area contributed by atoms with Crippen LogP contribution in [0, 0.1) is 0 Å². The predicted octanol–water partition coefficient (Wildman–Crippen LogP) is 4.07. The van der Waals surface area contributed by atoms with Crippen LogP contribution in [-0.2, 0) is 12.0 Å². The van der Waals surface area contributed by atoms with Crippen LogP contribution in [0.2, 0.25) is 0 Å². The minimum atomic E-state index is 0.0338. The van der Waals surface area contributed by atoms with Gasteiger partial charge in [-0.2, -0.15) is 0 Å². The summed E-state index contributed by atoms with van der Waals surface area (Å²) in [5.74, 6) is 1.80. The van der Waals surface area contributed by atoms with Crippen LogP contribution in [0.25, 0.3) is 5.65 Å². The van der Waals surface area contributed by atoms with Crippen LogP contribution in [0.5, 0.6) is 0 Å². The number of rotatable bonds is 4. The van der Waals surface area contributed by atoms with Crippen molar-refractivity contribution in [1.29, 1.82) is 0 Å². The van der Waals surface area contributed by atoms with E-state index in [1.54, 1.807) is 0 Å². The quantitative estimate of drug-likeness (QED) is 0.649. The minimum absolute atomic E-state index is 0.0338. The van der Waals surface area contributed by atoms with Crippen molar-refractivity contribution < 1.29 is 0 Å². The molecule has 0 aromatic carbocycles. The molecule has 3 aromatic rings. The van der Waals surface area contributed by atoms with Crippen LogP contribution in [0.1, 0.15) is 62.3 Å². The van der Waals surface area contributed by atoms with Crippen molar-refractivity contribution in [1.82, 2.24) is 24.5 Å². The first-order valence-corrected chi connectivity index (χ1v) is 11.6. The van der Waals surface area contributed by atoms with E-state index in [1.165, 1.54) is 23.5 Å². The lowest BCUT2D eigenvalue weighted by molar-refractivity contribution is 0.282. The molecule has 0 amide bonds. The van der Waals surface area contributed by atoms with Crippen molar-refractivity contribution in [3.8, 4) is 0 Å². The van der Waals surface area contributed by atoms with Crippen molar-refractivity contribution in [2.75, 3.05) is 31.1 Å². The number of hydrogen-bond acceptors (Lipinski definition) is 6. The molecule has 1 saturated heterocycles. The van der Waals surface area contributed by atoms with Crippen molar-refractivity contribution in [2.24, 2.45) is 0 Å². The molecule has 0 bridgehead atoms. The fourth-order valence-electron chi connectivity index (χ4n) is 3.90. The summed E-state index contributed by atoms with van der Waals surface area (Å²) >= 11 is 1.85. The highest BCUT2D eigenvalue weighted by Crippen LogP contribution is 2.41. The Kier molecular flexibility index (Phi) is 4.82. The first-order chi connectivity index (χ1) is 14.0. The fourth-order valence-corrected chi connectivity index (χ4v) is 4.88. The minimum Gasteiger partial charge on any atom is -0.354 e. The molecule has 0 unspecified atom stereocenters. The number of anilines is 1. The molecule has 154 valence electrons. The predicted molar refractivity (Wildman–Crippen MR) is 118 cm³/mol. The molecule has 0 radical (unpaired) electrons. The fraction of sp³-hybridized carbons (Fsp3) is 0.591. The molecule has 5 rings (SSSR count). The molecule has 2 aliphatic rings. The maximum atomic E-state index is 4.87. The normalized spacial score (nSPS) is 19.1. The maximum absolute atomic E-state index is 4.87. The van der Waals surface area contributed by atoms with Crippen molar-refractivity contribution in [3.05, 3.63) is 40.1 Å². The monoisotopic (exact) mass is 410 g/mol. The van der Waals surface area contributed by atoms with Gasteiger partial charge in [0.25, 0.3) is 0 Å². The van der Waals surface area contributed by atoms with E-state index in [-0.39, 0.29) is 5.41 Å². The van der Waals surface area contributed by atoms with Gasteiger partial charge in [-0.05, 0) is 31.4 Å². The Balaban J connectivity index is 1.26. The summed E-state index contributed by atoms with van der Waals surface area (Å²) in [5.41, 5.74) is 3.28. The third kappa shape index (κ3) is 4.16. The zero-order valence-electron chi connectivity index (χ0n) is 17.6. The number of imidazole rings is 1. The summed E-state index contributed by atoms with van der Waals surface area (Å²) in [6.07, 6.45) is 5.88. The lowest BCUT2D eigenvalue weighted by Gasteiger charge is -2.22. The van der Waals surface area contributed by atoms with Gasteiger partial charge < -0.3 is 4.90 Å². The third-order valence-electron chi connectivity index (χ3n) is 5.87. The second kappa shape index (κ2) is 7.36. The molecule has 3 aromatic heterocycles. The second-order valence-electron chi connectivity index (χ2n) is 9.44. The number of aromatic nitrogens is 4. The lowest BCUT2D eigenvalue weighted by Crippen LogP contribution is -2.31. The molecule has 1 aliphatic heterocycles. The number of thiazole rings is 1. The molecule has 2 fully saturated rings. The maximum Gasteiger partial charge on any atom is 0.153 e. The SMILES string of the molecule is CC(C)(C)c1cn2nc(N3CCCN(Cc4csc(C5CC5)n4)CC3)ccc2n1. The highest BCUT2D eigenvalue weighted by atomic mass is 32.1. The first kappa shape index (κ1) is 19.0. The van der Waals surface area contributed by atoms with Crippen LogP contribution >= 0.6 is 11.3 Å². The summed E-state index contributed by atoms with van der Waals surface area (Å²) < 4.78 is 1.94. The Morgan fingerprint density at radius 2 is 1.93 bits per heavy atom. The van der Waals surface area contributed by atoms with Crippen molar-refractivity contribution >= 4 is 22.8 Å². The van der Waals surface area contributed by atoms with Gasteiger partial charge in [-0.25, -0.2) is 14.5 Å². The number of hydrogen-bond donors (Lipinski definition) is 0. The van der Waals surface area contributed by atoms with E-state index in [4.69, 9.17) is 15.1 Å². The van der Waals surface area contributed by atoms with E-state index in [9.17, 15) is 0 Å². The summed E-state index contributed by atoms with van der Waals surface area (Å²) in [5, 5.41) is 8.48. The molecule has 6 nitrogen and oxygen atoms in total. The van der Waals surface area contributed by atoms with Crippen molar-refractivity contribution in [2.45, 2.75) is 57.9 Å². The zero-order valence-corrected chi connectivity index (χ0v) is 18.5. The average molecular weight is 411 g/mol. The molecule has 7 heteroatoms. The number of nitrogens with zero attached hydrogens (tertiary/aromatic N) is 6. The summed E-state index contributed by atoms with van der Waals surface area (Å²) in [6, 6.07) is 4.21. The van der Waals surface area contributed by atoms with Crippen LogP contribution in [0.3, 0.4) is 0 Å². The van der Waals surface area contributed by atoms with Crippen LogP contribution < -0.4 is 4.90 Å². The lowest BCUT2D eigenvalue weighted by atomic mass is 9.93. The highest BCUT2D eigenvalue weighted by molar-refractivity contribution is 7.09. The first-order valence-electron chi connectivity index (χ1n) is 10.7. The molecule has 29 heavy (non-hydrogen) atoms. The van der Waals surface area contributed by atoms with Gasteiger partial charge in [0.15, 0.2) is 5.65 Å². The van der Waals surface area contributed by atoms with E-state index < -0.39 is 0 Å². The largest absolute Gasteiger partial charge is 0.354 e. The average Bonchev–Trinajstić information content (AvgIpc) is 3.34. The molecule has 4 heterocycles. The van der Waals surface area contributed by atoms with E-state index in [0.29, 0.717) is 0 Å². The molecule has 1 aliphatic carbocycles. The standard InChI is InChI=1S/C22H30N6S/c1-22(2,3)18-14-28-19(24-18)7-8-20(25-28)27-10-4-9-26(11-12-27)13-17-15-29-21(23-17)16-5-6-16/h7-8,14-16H,4-6,9-13H2,1-3H3. The summed E-state index contributed by atoms with van der Waals surface area (Å²) in [4.78, 5) is 14.6. The zero-order chi connectivity index (χ0) is 20.0. The van der Waals surface area contributed by atoms with Crippen molar-refractivity contribution in [3.63, 3.8) is 0 Å². The molecule has 0 atom stereocenters. The highest BCUT2D eigenvalue weighted by Gasteiger charge is 2.27. The Bertz CT molecular complexity index is 996. The van der Waals surface area contributed by atoms with Gasteiger partial charge in [-0.3, -0.25) is 4.90 Å². The van der Waals surface area contributed by atoms with E-state index in [2.05, 4.69) is 54.3 Å². The number of fused-ring (bicyclic) bond motifs is 1. The smallest absolute Gasteiger partial charge is 0.153 e. The Hall–Kier alpha value is -1.99. The van der Waals surface area contributed by atoms with Gasteiger partial charge in [-0.1, -0.05) is 20.8 Å².